The number of hydrogen-bond donors (Lipinski definition) is 2. The van der Waals surface area contributed by atoms with Crippen LogP contribution < -0.4 is 5.32 Å². The minimum Gasteiger partial charge on any atom is -0.364 e. The summed E-state index contributed by atoms with van der Waals surface area (Å²) in [5.41, 5.74) is -0.225. The second-order valence-electron chi connectivity index (χ2n) is 3.24. The van der Waals surface area contributed by atoms with Crippen LogP contribution in [-0.4, -0.2) is 36.6 Å². The number of H-pyrrole nitrogens is 1. The number of halogens is 1. The largest absolute Gasteiger partial charge is 0.364 e. The Morgan fingerprint density at radius 1 is 1.50 bits per heavy atom. The molecule has 9 nitrogen and oxygen atoms in total. The monoisotopic (exact) mass is 269 g/mol. The Bertz CT molecular complexity index is 544. The van der Waals surface area contributed by atoms with E-state index in [1.165, 1.54) is 6.33 Å². The number of aromatic amines is 1. The van der Waals surface area contributed by atoms with Gasteiger partial charge in [-0.15, -0.1) is 0 Å². The van der Waals surface area contributed by atoms with E-state index in [1.807, 2.05) is 0 Å². The second-order valence-corrected chi connectivity index (χ2v) is 3.58. The van der Waals surface area contributed by atoms with Gasteiger partial charge in [-0.3, -0.25) is 15.2 Å². The molecular formula is C8H8ClN7O2. The van der Waals surface area contributed by atoms with E-state index in [2.05, 4.69) is 30.5 Å². The van der Waals surface area contributed by atoms with E-state index in [0.717, 1.165) is 6.20 Å². The van der Waals surface area contributed by atoms with E-state index >= 15 is 0 Å². The normalized spacial score (nSPS) is 10.3. The average Bonchev–Trinajstić information content (AvgIpc) is 2.82. The predicted molar refractivity (Wildman–Crippen MR) is 62.3 cm³/mol. The molecule has 0 aliphatic rings. The van der Waals surface area contributed by atoms with Crippen LogP contribution in [0.25, 0.3) is 0 Å². The second kappa shape index (κ2) is 5.36. The van der Waals surface area contributed by atoms with Crippen LogP contribution in [0.15, 0.2) is 12.5 Å². The van der Waals surface area contributed by atoms with Crippen molar-refractivity contribution in [2.24, 2.45) is 0 Å². The van der Waals surface area contributed by atoms with Crippen molar-refractivity contribution in [3.63, 3.8) is 0 Å². The Labute approximate surface area is 106 Å². The smallest absolute Gasteiger partial charge is 0.329 e. The van der Waals surface area contributed by atoms with Gasteiger partial charge in [-0.1, -0.05) is 0 Å². The van der Waals surface area contributed by atoms with Gasteiger partial charge in [-0.2, -0.15) is 10.1 Å². The average molecular weight is 270 g/mol. The summed E-state index contributed by atoms with van der Waals surface area (Å²) in [4.78, 5) is 21.4. The first-order chi connectivity index (χ1) is 8.66. The molecule has 94 valence electrons. The fraction of sp³-hybridized carbons (Fsp3) is 0.250. The molecule has 0 aliphatic heterocycles. The van der Waals surface area contributed by atoms with Crippen LogP contribution in [0.1, 0.15) is 5.82 Å². The van der Waals surface area contributed by atoms with Gasteiger partial charge in [0.2, 0.25) is 11.1 Å². The Morgan fingerprint density at radius 2 is 2.33 bits per heavy atom. The molecule has 2 aromatic rings. The highest BCUT2D eigenvalue weighted by Gasteiger charge is 2.16. The number of hydrogen-bond acceptors (Lipinski definition) is 7. The molecule has 2 aromatic heterocycles. The maximum absolute atomic E-state index is 10.7. The fourth-order valence-corrected chi connectivity index (χ4v) is 1.40. The standard InChI is InChI=1S/C8H8ClN7O2/c9-8-11-3-5(16(17)18)7(14-8)10-2-1-6-12-4-13-15-6/h3-4H,1-2H2,(H,10,11,14)(H,12,13,15). The summed E-state index contributed by atoms with van der Waals surface area (Å²) in [6.07, 6.45) is 2.98. The Balaban J connectivity index is 2.03. The highest BCUT2D eigenvalue weighted by molar-refractivity contribution is 6.28. The first-order valence-corrected chi connectivity index (χ1v) is 5.29. The summed E-state index contributed by atoms with van der Waals surface area (Å²) in [6, 6.07) is 0. The van der Waals surface area contributed by atoms with Crippen LogP contribution in [-0.2, 0) is 6.42 Å². The van der Waals surface area contributed by atoms with Crippen molar-refractivity contribution >= 4 is 23.1 Å². The van der Waals surface area contributed by atoms with Crippen LogP contribution in [0.2, 0.25) is 5.28 Å². The van der Waals surface area contributed by atoms with Gasteiger partial charge >= 0.3 is 5.69 Å². The molecule has 18 heavy (non-hydrogen) atoms. The van der Waals surface area contributed by atoms with Gasteiger partial charge in [0.1, 0.15) is 18.3 Å². The van der Waals surface area contributed by atoms with E-state index in [1.54, 1.807) is 0 Å². The number of nitrogens with one attached hydrogen (secondary N) is 2. The number of aromatic nitrogens is 5. The summed E-state index contributed by atoms with van der Waals surface area (Å²) >= 11 is 5.59. The van der Waals surface area contributed by atoms with Crippen molar-refractivity contribution in [1.29, 1.82) is 0 Å². The SMILES string of the molecule is O=[N+]([O-])c1cnc(Cl)nc1NCCc1ncn[nH]1. The van der Waals surface area contributed by atoms with Crippen LogP contribution in [0.3, 0.4) is 0 Å². The third-order valence-electron chi connectivity index (χ3n) is 2.06. The third-order valence-corrected chi connectivity index (χ3v) is 2.24. The van der Waals surface area contributed by atoms with Gasteiger partial charge in [0.15, 0.2) is 0 Å². The molecular weight excluding hydrogens is 262 g/mol. The molecule has 0 saturated heterocycles. The first-order valence-electron chi connectivity index (χ1n) is 4.92. The van der Waals surface area contributed by atoms with Crippen molar-refractivity contribution in [1.82, 2.24) is 25.1 Å². The molecule has 0 unspecified atom stereocenters. The van der Waals surface area contributed by atoms with Gasteiger partial charge < -0.3 is 5.32 Å². The molecule has 2 heterocycles. The highest BCUT2D eigenvalue weighted by Crippen LogP contribution is 2.21. The molecule has 0 aliphatic carbocycles. The molecule has 0 amide bonds. The predicted octanol–water partition coefficient (Wildman–Crippen LogP) is 0.811. The number of nitro groups is 1. The van der Waals surface area contributed by atoms with Crippen molar-refractivity contribution in [2.75, 3.05) is 11.9 Å². The lowest BCUT2D eigenvalue weighted by molar-refractivity contribution is -0.384. The summed E-state index contributed by atoms with van der Waals surface area (Å²) in [6.45, 7) is 0.406. The third kappa shape index (κ3) is 2.88. The number of nitrogens with zero attached hydrogens (tertiary/aromatic N) is 5. The first kappa shape index (κ1) is 12.2. The van der Waals surface area contributed by atoms with Crippen molar-refractivity contribution < 1.29 is 4.92 Å². The van der Waals surface area contributed by atoms with Crippen LogP contribution in [0.4, 0.5) is 11.5 Å². The summed E-state index contributed by atoms with van der Waals surface area (Å²) in [5.74, 6) is 0.754. The lowest BCUT2D eigenvalue weighted by atomic mass is 10.4. The molecule has 0 atom stereocenters. The highest BCUT2D eigenvalue weighted by atomic mass is 35.5. The molecule has 0 spiro atoms. The summed E-state index contributed by atoms with van der Waals surface area (Å²) in [7, 11) is 0. The quantitative estimate of drug-likeness (QED) is 0.468. The summed E-state index contributed by atoms with van der Waals surface area (Å²) in [5, 5.41) is 19.9. The zero-order valence-electron chi connectivity index (χ0n) is 9.00. The minimum atomic E-state index is -0.576. The molecule has 0 radical (unpaired) electrons. The Morgan fingerprint density at radius 3 is 3.00 bits per heavy atom. The van der Waals surface area contributed by atoms with Crippen LogP contribution >= 0.6 is 11.6 Å². The van der Waals surface area contributed by atoms with Gasteiger partial charge in [0, 0.05) is 13.0 Å². The molecule has 2 rings (SSSR count). The van der Waals surface area contributed by atoms with Gasteiger partial charge in [-0.25, -0.2) is 9.97 Å². The number of rotatable bonds is 5. The van der Waals surface area contributed by atoms with Crippen LogP contribution in [0, 0.1) is 10.1 Å². The van der Waals surface area contributed by atoms with E-state index in [-0.39, 0.29) is 16.8 Å². The Hall–Kier alpha value is -2.29. The zero-order chi connectivity index (χ0) is 13.0. The molecule has 0 bridgehead atoms. The molecule has 0 aromatic carbocycles. The van der Waals surface area contributed by atoms with Crippen molar-refractivity contribution in [3.05, 3.63) is 33.7 Å². The van der Waals surface area contributed by atoms with E-state index in [0.29, 0.717) is 18.8 Å². The van der Waals surface area contributed by atoms with Gasteiger partial charge in [0.25, 0.3) is 0 Å². The Kier molecular flexibility index (Phi) is 3.63. The zero-order valence-corrected chi connectivity index (χ0v) is 9.76. The van der Waals surface area contributed by atoms with Crippen molar-refractivity contribution in [2.45, 2.75) is 6.42 Å². The lowest BCUT2D eigenvalue weighted by Gasteiger charge is -2.04. The van der Waals surface area contributed by atoms with Crippen molar-refractivity contribution in [3.8, 4) is 0 Å². The molecule has 2 N–H and O–H groups in total. The maximum Gasteiger partial charge on any atom is 0.329 e. The number of anilines is 1. The van der Waals surface area contributed by atoms with E-state index in [9.17, 15) is 10.1 Å². The summed E-state index contributed by atoms with van der Waals surface area (Å²) < 4.78 is 0. The van der Waals surface area contributed by atoms with Crippen LogP contribution in [0.5, 0.6) is 0 Å². The van der Waals surface area contributed by atoms with Gasteiger partial charge in [0.05, 0.1) is 4.92 Å². The molecule has 0 fully saturated rings. The van der Waals surface area contributed by atoms with Gasteiger partial charge in [-0.05, 0) is 11.6 Å². The minimum absolute atomic E-state index is 0.0530. The fourth-order valence-electron chi connectivity index (χ4n) is 1.27. The van der Waals surface area contributed by atoms with E-state index < -0.39 is 4.92 Å². The maximum atomic E-state index is 10.7. The molecule has 0 saturated carbocycles. The van der Waals surface area contributed by atoms with E-state index in [4.69, 9.17) is 11.6 Å². The molecule has 10 heteroatoms. The lowest BCUT2D eigenvalue weighted by Crippen LogP contribution is -2.10. The topological polar surface area (TPSA) is 123 Å².